The molecule has 4 heteroatoms. The van der Waals surface area contributed by atoms with Crippen molar-refractivity contribution in [2.24, 2.45) is 0 Å². The molecule has 3 nitrogen and oxygen atoms in total. The Hall–Kier alpha value is -1.97. The molecular weight excluding hydrogens is 231 g/mol. The lowest BCUT2D eigenvalue weighted by molar-refractivity contribution is 0.627. The molecule has 92 valence electrons. The van der Waals surface area contributed by atoms with E-state index in [4.69, 9.17) is 0 Å². The van der Waals surface area contributed by atoms with Crippen LogP contribution in [-0.4, -0.2) is 9.97 Å². The van der Waals surface area contributed by atoms with E-state index in [0.29, 0.717) is 12.2 Å². The molecule has 0 spiro atoms. The van der Waals surface area contributed by atoms with Crippen molar-refractivity contribution >= 4 is 0 Å². The third-order valence-corrected chi connectivity index (χ3v) is 3.28. The van der Waals surface area contributed by atoms with E-state index in [1.54, 1.807) is 12.1 Å². The van der Waals surface area contributed by atoms with Crippen LogP contribution in [0.25, 0.3) is 0 Å². The van der Waals surface area contributed by atoms with Crippen LogP contribution in [0.15, 0.2) is 29.1 Å². The molecule has 0 bridgehead atoms. The number of rotatable bonds is 2. The fraction of sp³-hybridized carbons (Fsp3) is 0.286. The second-order valence-electron chi connectivity index (χ2n) is 4.59. The Morgan fingerprint density at radius 3 is 2.78 bits per heavy atom. The van der Waals surface area contributed by atoms with Crippen LogP contribution in [-0.2, 0) is 19.3 Å². The zero-order valence-corrected chi connectivity index (χ0v) is 9.87. The molecule has 0 fully saturated rings. The number of nitrogens with one attached hydrogen (secondary N) is 1. The molecule has 1 heterocycles. The van der Waals surface area contributed by atoms with Crippen molar-refractivity contribution in [2.45, 2.75) is 25.7 Å². The zero-order chi connectivity index (χ0) is 12.5. The number of benzene rings is 1. The molecule has 0 saturated carbocycles. The second-order valence-corrected chi connectivity index (χ2v) is 4.59. The van der Waals surface area contributed by atoms with Crippen LogP contribution < -0.4 is 5.56 Å². The Morgan fingerprint density at radius 2 is 2.00 bits per heavy atom. The van der Waals surface area contributed by atoms with Gasteiger partial charge in [0.15, 0.2) is 0 Å². The van der Waals surface area contributed by atoms with Crippen LogP contribution in [0.5, 0.6) is 0 Å². The first-order chi connectivity index (χ1) is 8.72. The van der Waals surface area contributed by atoms with E-state index in [1.807, 2.05) is 0 Å². The minimum absolute atomic E-state index is 0.0189. The Bertz CT molecular complexity index is 631. The van der Waals surface area contributed by atoms with Gasteiger partial charge in [0, 0.05) is 12.0 Å². The number of hydrogen-bond donors (Lipinski definition) is 1. The number of nitrogens with zero attached hydrogens (tertiary/aromatic N) is 1. The molecule has 0 atom stereocenters. The van der Waals surface area contributed by atoms with E-state index in [2.05, 4.69) is 9.97 Å². The molecule has 2 aromatic rings. The number of halogens is 1. The molecule has 1 aliphatic carbocycles. The first-order valence-electron chi connectivity index (χ1n) is 6.08. The van der Waals surface area contributed by atoms with Crippen molar-refractivity contribution in [3.63, 3.8) is 0 Å². The van der Waals surface area contributed by atoms with Crippen LogP contribution >= 0.6 is 0 Å². The van der Waals surface area contributed by atoms with Crippen molar-refractivity contribution in [1.82, 2.24) is 9.97 Å². The van der Waals surface area contributed by atoms with E-state index >= 15 is 0 Å². The Labute approximate surface area is 104 Å². The maximum atomic E-state index is 12.8. The van der Waals surface area contributed by atoms with Gasteiger partial charge >= 0.3 is 0 Å². The molecular formula is C14H13FN2O. The largest absolute Gasteiger partial charge is 0.310 e. The predicted octanol–water partition coefficient (Wildman–Crippen LogP) is 1.99. The molecule has 0 radical (unpaired) electrons. The smallest absolute Gasteiger partial charge is 0.254 e. The first kappa shape index (κ1) is 11.1. The van der Waals surface area contributed by atoms with Gasteiger partial charge in [-0.2, -0.15) is 0 Å². The monoisotopic (exact) mass is 244 g/mol. The second kappa shape index (κ2) is 4.37. The van der Waals surface area contributed by atoms with Gasteiger partial charge in [-0.3, -0.25) is 4.79 Å². The summed E-state index contributed by atoms with van der Waals surface area (Å²) in [6, 6.07) is 6.26. The topological polar surface area (TPSA) is 45.8 Å². The van der Waals surface area contributed by atoms with Gasteiger partial charge in [-0.05, 0) is 37.0 Å². The van der Waals surface area contributed by atoms with Crippen molar-refractivity contribution in [3.05, 3.63) is 63.1 Å². The zero-order valence-electron chi connectivity index (χ0n) is 9.87. The van der Waals surface area contributed by atoms with Crippen LogP contribution in [0.4, 0.5) is 4.39 Å². The fourth-order valence-corrected chi connectivity index (χ4v) is 2.37. The summed E-state index contributed by atoms with van der Waals surface area (Å²) in [5, 5.41) is 0. The van der Waals surface area contributed by atoms with Crippen LogP contribution in [0.2, 0.25) is 0 Å². The van der Waals surface area contributed by atoms with Gasteiger partial charge in [-0.1, -0.05) is 12.1 Å². The molecule has 0 amide bonds. The highest BCUT2D eigenvalue weighted by atomic mass is 19.1. The number of hydrogen-bond acceptors (Lipinski definition) is 2. The average molecular weight is 244 g/mol. The Morgan fingerprint density at radius 1 is 1.22 bits per heavy atom. The lowest BCUT2D eigenvalue weighted by Crippen LogP contribution is -2.17. The maximum Gasteiger partial charge on any atom is 0.254 e. The van der Waals surface area contributed by atoms with Crippen LogP contribution in [0.1, 0.15) is 29.1 Å². The number of H-pyrrole nitrogens is 1. The summed E-state index contributed by atoms with van der Waals surface area (Å²) in [7, 11) is 0. The van der Waals surface area contributed by atoms with E-state index in [-0.39, 0.29) is 11.4 Å². The molecule has 18 heavy (non-hydrogen) atoms. The highest BCUT2D eigenvalue weighted by molar-refractivity contribution is 5.25. The Kier molecular flexibility index (Phi) is 2.70. The molecule has 1 N–H and O–H groups in total. The number of fused-ring (bicyclic) bond motifs is 1. The highest BCUT2D eigenvalue weighted by Crippen LogP contribution is 2.16. The van der Waals surface area contributed by atoms with Crippen molar-refractivity contribution in [1.29, 1.82) is 0 Å². The summed E-state index contributed by atoms with van der Waals surface area (Å²) in [6.45, 7) is 0. The van der Waals surface area contributed by atoms with E-state index in [0.717, 1.165) is 36.1 Å². The molecule has 0 aliphatic heterocycles. The van der Waals surface area contributed by atoms with Gasteiger partial charge in [0.25, 0.3) is 5.56 Å². The number of aromatic nitrogens is 2. The number of aryl methyl sites for hydroxylation is 1. The summed E-state index contributed by atoms with van der Waals surface area (Å²) in [5.41, 5.74) is 2.68. The summed E-state index contributed by atoms with van der Waals surface area (Å²) in [6.07, 6.45) is 3.25. The molecule has 3 rings (SSSR count). The summed E-state index contributed by atoms with van der Waals surface area (Å²) >= 11 is 0. The molecule has 1 aromatic carbocycles. The SMILES string of the molecule is O=c1[nH]c(Cc2ccc(F)cc2)nc2c1CCC2. The van der Waals surface area contributed by atoms with Crippen molar-refractivity contribution in [3.8, 4) is 0 Å². The summed E-state index contributed by atoms with van der Waals surface area (Å²) in [5.74, 6) is 0.404. The summed E-state index contributed by atoms with van der Waals surface area (Å²) < 4.78 is 12.8. The minimum atomic E-state index is -0.255. The van der Waals surface area contributed by atoms with Gasteiger partial charge in [0.05, 0.1) is 5.69 Å². The van der Waals surface area contributed by atoms with Gasteiger partial charge in [0.2, 0.25) is 0 Å². The Balaban J connectivity index is 1.92. The van der Waals surface area contributed by atoms with Crippen molar-refractivity contribution in [2.75, 3.05) is 0 Å². The molecule has 0 unspecified atom stereocenters. The van der Waals surface area contributed by atoms with E-state index < -0.39 is 0 Å². The third-order valence-electron chi connectivity index (χ3n) is 3.28. The molecule has 1 aliphatic rings. The number of aromatic amines is 1. The van der Waals surface area contributed by atoms with Gasteiger partial charge < -0.3 is 4.98 Å². The van der Waals surface area contributed by atoms with Gasteiger partial charge in [-0.25, -0.2) is 9.37 Å². The third kappa shape index (κ3) is 2.06. The summed E-state index contributed by atoms with van der Waals surface area (Å²) in [4.78, 5) is 19.1. The first-order valence-corrected chi connectivity index (χ1v) is 6.08. The van der Waals surface area contributed by atoms with Crippen LogP contribution in [0.3, 0.4) is 0 Å². The standard InChI is InChI=1S/C14H13FN2O/c15-10-6-4-9(5-7-10)8-13-16-12-3-1-2-11(12)14(18)17-13/h4-7H,1-3,8H2,(H,16,17,18). The minimum Gasteiger partial charge on any atom is -0.310 e. The highest BCUT2D eigenvalue weighted by Gasteiger charge is 2.16. The van der Waals surface area contributed by atoms with E-state index in [1.165, 1.54) is 12.1 Å². The normalized spacial score (nSPS) is 13.6. The fourth-order valence-electron chi connectivity index (χ4n) is 2.37. The van der Waals surface area contributed by atoms with E-state index in [9.17, 15) is 9.18 Å². The quantitative estimate of drug-likeness (QED) is 0.878. The van der Waals surface area contributed by atoms with Crippen LogP contribution in [0, 0.1) is 5.82 Å². The molecule has 1 aromatic heterocycles. The van der Waals surface area contributed by atoms with Gasteiger partial charge in [0.1, 0.15) is 11.6 Å². The average Bonchev–Trinajstić information content (AvgIpc) is 2.81. The van der Waals surface area contributed by atoms with Gasteiger partial charge in [-0.15, -0.1) is 0 Å². The maximum absolute atomic E-state index is 12.8. The predicted molar refractivity (Wildman–Crippen MR) is 66.1 cm³/mol. The molecule has 0 saturated heterocycles. The van der Waals surface area contributed by atoms with Crippen molar-refractivity contribution < 1.29 is 4.39 Å². The lowest BCUT2D eigenvalue weighted by Gasteiger charge is -2.04. The lowest BCUT2D eigenvalue weighted by atomic mass is 10.1.